The molecule has 1 aromatic carbocycles. The van der Waals surface area contributed by atoms with Gasteiger partial charge in [0.05, 0.1) is 10.2 Å². The third-order valence-electron chi connectivity index (χ3n) is 4.40. The maximum atomic E-state index is 5.76. The van der Waals surface area contributed by atoms with Gasteiger partial charge in [-0.25, -0.2) is 4.98 Å². The molecular formula is C16H24N4S. The maximum Gasteiger partial charge on any atom is 0.186 e. The minimum atomic E-state index is 0.481. The van der Waals surface area contributed by atoms with Crippen LogP contribution in [0, 0.1) is 0 Å². The van der Waals surface area contributed by atoms with Gasteiger partial charge in [0, 0.05) is 38.8 Å². The van der Waals surface area contributed by atoms with Crippen molar-refractivity contribution in [1.82, 2.24) is 9.88 Å². The topological polar surface area (TPSA) is 45.4 Å². The average molecular weight is 304 g/mol. The number of rotatable bonds is 4. The van der Waals surface area contributed by atoms with E-state index in [1.165, 1.54) is 15.4 Å². The van der Waals surface area contributed by atoms with Gasteiger partial charge >= 0.3 is 0 Å². The number of fused-ring (bicyclic) bond motifs is 1. The van der Waals surface area contributed by atoms with Crippen LogP contribution in [-0.4, -0.2) is 48.6 Å². The number of thiazole rings is 1. The lowest BCUT2D eigenvalue weighted by molar-refractivity contribution is 0.201. The third-order valence-corrected chi connectivity index (χ3v) is 5.50. The highest BCUT2D eigenvalue weighted by Crippen LogP contribution is 2.30. The van der Waals surface area contributed by atoms with Gasteiger partial charge < -0.3 is 10.6 Å². The first-order valence-electron chi connectivity index (χ1n) is 7.79. The van der Waals surface area contributed by atoms with Crippen molar-refractivity contribution in [3.8, 4) is 0 Å². The predicted molar refractivity (Wildman–Crippen MR) is 91.3 cm³/mol. The molecule has 1 fully saturated rings. The second-order valence-electron chi connectivity index (χ2n) is 5.76. The fourth-order valence-electron chi connectivity index (χ4n) is 2.82. The van der Waals surface area contributed by atoms with Gasteiger partial charge in [-0.15, -0.1) is 0 Å². The summed E-state index contributed by atoms with van der Waals surface area (Å²) in [6.07, 6.45) is 1.07. The van der Waals surface area contributed by atoms with E-state index in [-0.39, 0.29) is 0 Å². The van der Waals surface area contributed by atoms with Gasteiger partial charge in [-0.2, -0.15) is 0 Å². The van der Waals surface area contributed by atoms with E-state index in [0.29, 0.717) is 6.04 Å². The highest BCUT2D eigenvalue weighted by atomic mass is 32.1. The lowest BCUT2D eigenvalue weighted by atomic mass is 10.2. The Kier molecular flexibility index (Phi) is 4.42. The van der Waals surface area contributed by atoms with E-state index in [0.717, 1.165) is 44.7 Å². The van der Waals surface area contributed by atoms with Crippen LogP contribution in [0.1, 0.15) is 19.4 Å². The van der Waals surface area contributed by atoms with E-state index in [9.17, 15) is 0 Å². The number of anilines is 1. The molecular weight excluding hydrogens is 280 g/mol. The van der Waals surface area contributed by atoms with Gasteiger partial charge in [0.2, 0.25) is 0 Å². The smallest absolute Gasteiger partial charge is 0.186 e. The summed E-state index contributed by atoms with van der Waals surface area (Å²) in [5, 5.41) is 1.17. The summed E-state index contributed by atoms with van der Waals surface area (Å²) in [4.78, 5) is 9.72. The highest BCUT2D eigenvalue weighted by molar-refractivity contribution is 7.22. The Morgan fingerprint density at radius 1 is 1.29 bits per heavy atom. The number of aromatic nitrogens is 1. The molecule has 2 aromatic rings. The van der Waals surface area contributed by atoms with Crippen molar-refractivity contribution in [1.29, 1.82) is 0 Å². The summed E-state index contributed by atoms with van der Waals surface area (Å²) in [7, 11) is 0. The summed E-state index contributed by atoms with van der Waals surface area (Å²) in [6, 6.07) is 7.13. The van der Waals surface area contributed by atoms with Crippen LogP contribution in [0.4, 0.5) is 5.13 Å². The van der Waals surface area contributed by atoms with Crippen LogP contribution >= 0.6 is 11.3 Å². The van der Waals surface area contributed by atoms with E-state index in [1.807, 2.05) is 11.3 Å². The number of nitrogens with two attached hydrogens (primary N) is 1. The van der Waals surface area contributed by atoms with Gasteiger partial charge in [0.15, 0.2) is 5.13 Å². The molecule has 0 aliphatic carbocycles. The Morgan fingerprint density at radius 2 is 2.05 bits per heavy atom. The van der Waals surface area contributed by atoms with E-state index >= 15 is 0 Å². The fourth-order valence-corrected chi connectivity index (χ4v) is 3.82. The zero-order valence-electron chi connectivity index (χ0n) is 12.9. The molecule has 1 aliphatic rings. The van der Waals surface area contributed by atoms with Gasteiger partial charge in [-0.05, 0) is 31.0 Å². The van der Waals surface area contributed by atoms with Crippen molar-refractivity contribution in [2.24, 2.45) is 5.73 Å². The first-order valence-corrected chi connectivity index (χ1v) is 8.61. The average Bonchev–Trinajstić information content (AvgIpc) is 2.97. The number of aryl methyl sites for hydroxylation is 1. The van der Waals surface area contributed by atoms with Crippen molar-refractivity contribution in [2.75, 3.05) is 37.6 Å². The van der Waals surface area contributed by atoms with Crippen molar-refractivity contribution < 1.29 is 0 Å². The Bertz CT molecular complexity index is 601. The molecule has 3 rings (SSSR count). The van der Waals surface area contributed by atoms with Crippen LogP contribution in [0.2, 0.25) is 0 Å². The molecule has 21 heavy (non-hydrogen) atoms. The van der Waals surface area contributed by atoms with E-state index < -0.39 is 0 Å². The summed E-state index contributed by atoms with van der Waals surface area (Å²) in [5.74, 6) is 0. The van der Waals surface area contributed by atoms with Crippen molar-refractivity contribution in [3.05, 3.63) is 23.8 Å². The monoisotopic (exact) mass is 304 g/mol. The molecule has 2 heterocycles. The van der Waals surface area contributed by atoms with E-state index in [2.05, 4.69) is 41.8 Å². The van der Waals surface area contributed by atoms with Gasteiger partial charge in [-0.1, -0.05) is 24.3 Å². The SMILES string of the molecule is CCc1ccc2sc(N3CCN(C(C)CN)CC3)nc2c1. The molecule has 0 spiro atoms. The highest BCUT2D eigenvalue weighted by Gasteiger charge is 2.22. The third kappa shape index (κ3) is 3.05. The molecule has 1 aromatic heterocycles. The lowest BCUT2D eigenvalue weighted by Crippen LogP contribution is -2.51. The fraction of sp³-hybridized carbons (Fsp3) is 0.562. The summed E-state index contributed by atoms with van der Waals surface area (Å²) in [5.41, 5.74) is 8.27. The Labute approximate surface area is 130 Å². The molecule has 0 bridgehead atoms. The molecule has 1 atom stereocenters. The number of hydrogen-bond acceptors (Lipinski definition) is 5. The second-order valence-corrected chi connectivity index (χ2v) is 6.77. The zero-order chi connectivity index (χ0) is 14.8. The van der Waals surface area contributed by atoms with Crippen molar-refractivity contribution in [3.63, 3.8) is 0 Å². The molecule has 1 saturated heterocycles. The Morgan fingerprint density at radius 3 is 2.71 bits per heavy atom. The predicted octanol–water partition coefficient (Wildman–Crippen LogP) is 2.33. The van der Waals surface area contributed by atoms with Crippen LogP contribution in [0.15, 0.2) is 18.2 Å². The van der Waals surface area contributed by atoms with Crippen molar-refractivity contribution >= 4 is 26.7 Å². The molecule has 0 amide bonds. The standard InChI is InChI=1S/C16H24N4S/c1-3-13-4-5-15-14(10-13)18-16(21-15)20-8-6-19(7-9-20)12(2)11-17/h4-5,10,12H,3,6-9,11,17H2,1-2H3. The van der Waals surface area contributed by atoms with Gasteiger partial charge in [0.1, 0.15) is 0 Å². The van der Waals surface area contributed by atoms with E-state index in [1.54, 1.807) is 0 Å². The summed E-state index contributed by atoms with van der Waals surface area (Å²) in [6.45, 7) is 9.38. The second kappa shape index (κ2) is 6.30. The van der Waals surface area contributed by atoms with Gasteiger partial charge in [-0.3, -0.25) is 4.90 Å². The molecule has 0 radical (unpaired) electrons. The van der Waals surface area contributed by atoms with Gasteiger partial charge in [0.25, 0.3) is 0 Å². The lowest BCUT2D eigenvalue weighted by Gasteiger charge is -2.37. The number of nitrogens with zero attached hydrogens (tertiary/aromatic N) is 3. The molecule has 0 saturated carbocycles. The van der Waals surface area contributed by atoms with Crippen LogP contribution in [-0.2, 0) is 6.42 Å². The number of piperazine rings is 1. The first kappa shape index (κ1) is 14.8. The Hall–Kier alpha value is -1.17. The minimum absolute atomic E-state index is 0.481. The van der Waals surface area contributed by atoms with Crippen LogP contribution in [0.3, 0.4) is 0 Å². The van der Waals surface area contributed by atoms with Crippen LogP contribution in [0.25, 0.3) is 10.2 Å². The molecule has 114 valence electrons. The largest absolute Gasteiger partial charge is 0.345 e. The molecule has 1 unspecified atom stereocenters. The summed E-state index contributed by atoms with van der Waals surface area (Å²) >= 11 is 1.81. The number of hydrogen-bond donors (Lipinski definition) is 1. The zero-order valence-corrected chi connectivity index (χ0v) is 13.7. The minimum Gasteiger partial charge on any atom is -0.345 e. The van der Waals surface area contributed by atoms with Crippen molar-refractivity contribution in [2.45, 2.75) is 26.3 Å². The van der Waals surface area contributed by atoms with Crippen LogP contribution < -0.4 is 10.6 Å². The number of benzene rings is 1. The first-order chi connectivity index (χ1) is 10.2. The summed E-state index contributed by atoms with van der Waals surface area (Å²) < 4.78 is 1.29. The molecule has 2 N–H and O–H groups in total. The van der Waals surface area contributed by atoms with E-state index in [4.69, 9.17) is 10.7 Å². The quantitative estimate of drug-likeness (QED) is 0.941. The normalized spacial score (nSPS) is 18.3. The molecule has 1 aliphatic heterocycles. The maximum absolute atomic E-state index is 5.76. The molecule has 4 nitrogen and oxygen atoms in total. The Balaban J connectivity index is 1.73. The molecule has 5 heteroatoms. The van der Waals surface area contributed by atoms with Crippen LogP contribution in [0.5, 0.6) is 0 Å².